The quantitative estimate of drug-likeness (QED) is 0.694. The standard InChI is InChI=1S/C11H15BrF3N3O/c1-7(19)5-16-2-3-17-10-9(11(13,14)15)4-8(12)6-18-10/h4,6-7,16,19H,2-3,5H2,1H3,(H,17,18). The number of halogens is 4. The third-order valence-corrected chi connectivity index (χ3v) is 2.63. The Bertz CT molecular complexity index is 413. The Balaban J connectivity index is 2.58. The maximum absolute atomic E-state index is 12.8. The molecule has 1 aromatic rings. The Morgan fingerprint density at radius 2 is 2.11 bits per heavy atom. The van der Waals surface area contributed by atoms with Crippen LogP contribution in [0.1, 0.15) is 12.5 Å². The van der Waals surface area contributed by atoms with E-state index >= 15 is 0 Å². The number of hydrogen-bond donors (Lipinski definition) is 3. The highest BCUT2D eigenvalue weighted by atomic mass is 79.9. The lowest BCUT2D eigenvalue weighted by molar-refractivity contribution is -0.137. The SMILES string of the molecule is CC(O)CNCCNc1ncc(Br)cc1C(F)(F)F. The molecular formula is C11H15BrF3N3O. The van der Waals surface area contributed by atoms with Gasteiger partial charge in [-0.25, -0.2) is 4.98 Å². The van der Waals surface area contributed by atoms with Crippen LogP contribution in [0.5, 0.6) is 0 Å². The Morgan fingerprint density at radius 3 is 2.68 bits per heavy atom. The summed E-state index contributed by atoms with van der Waals surface area (Å²) in [5, 5.41) is 14.5. The van der Waals surface area contributed by atoms with Crippen molar-refractivity contribution in [1.82, 2.24) is 10.3 Å². The maximum Gasteiger partial charge on any atom is 0.419 e. The summed E-state index contributed by atoms with van der Waals surface area (Å²) in [6.07, 6.45) is -3.64. The molecule has 0 spiro atoms. The van der Waals surface area contributed by atoms with Crippen molar-refractivity contribution >= 4 is 21.7 Å². The van der Waals surface area contributed by atoms with E-state index in [0.717, 1.165) is 6.07 Å². The second-order valence-corrected chi connectivity index (χ2v) is 4.94. The van der Waals surface area contributed by atoms with Crippen LogP contribution < -0.4 is 10.6 Å². The molecule has 0 amide bonds. The van der Waals surface area contributed by atoms with Gasteiger partial charge in [0.05, 0.1) is 11.7 Å². The average Bonchev–Trinajstić information content (AvgIpc) is 2.28. The summed E-state index contributed by atoms with van der Waals surface area (Å²) in [7, 11) is 0. The van der Waals surface area contributed by atoms with Crippen LogP contribution in [0.4, 0.5) is 19.0 Å². The molecule has 4 nitrogen and oxygen atoms in total. The van der Waals surface area contributed by atoms with Gasteiger partial charge in [-0.15, -0.1) is 0 Å². The number of aromatic nitrogens is 1. The first-order valence-electron chi connectivity index (χ1n) is 5.66. The van der Waals surface area contributed by atoms with Crippen LogP contribution in [0.2, 0.25) is 0 Å². The number of nitrogens with zero attached hydrogens (tertiary/aromatic N) is 1. The van der Waals surface area contributed by atoms with Crippen LogP contribution in [-0.4, -0.2) is 35.8 Å². The summed E-state index contributed by atoms with van der Waals surface area (Å²) in [6.45, 7) is 2.73. The second-order valence-electron chi connectivity index (χ2n) is 4.03. The smallest absolute Gasteiger partial charge is 0.392 e. The molecule has 0 aliphatic heterocycles. The minimum absolute atomic E-state index is 0.199. The van der Waals surface area contributed by atoms with E-state index in [1.165, 1.54) is 6.20 Å². The zero-order valence-corrected chi connectivity index (χ0v) is 11.8. The van der Waals surface area contributed by atoms with Crippen LogP contribution >= 0.6 is 15.9 Å². The number of alkyl halides is 3. The lowest BCUT2D eigenvalue weighted by Crippen LogP contribution is -2.29. The third-order valence-electron chi connectivity index (χ3n) is 2.19. The highest BCUT2D eigenvalue weighted by Crippen LogP contribution is 2.35. The van der Waals surface area contributed by atoms with Crippen molar-refractivity contribution in [3.8, 4) is 0 Å². The summed E-state index contributed by atoms with van der Waals surface area (Å²) < 4.78 is 38.6. The number of pyridine rings is 1. The monoisotopic (exact) mass is 341 g/mol. The Hall–Kier alpha value is -0.860. The summed E-state index contributed by atoms with van der Waals surface area (Å²) in [4.78, 5) is 3.72. The highest BCUT2D eigenvalue weighted by molar-refractivity contribution is 9.10. The molecule has 0 aliphatic rings. The lowest BCUT2D eigenvalue weighted by Gasteiger charge is -2.14. The van der Waals surface area contributed by atoms with Gasteiger partial charge in [0.25, 0.3) is 0 Å². The predicted octanol–water partition coefficient (Wildman–Crippen LogP) is 2.25. The minimum Gasteiger partial charge on any atom is -0.392 e. The lowest BCUT2D eigenvalue weighted by atomic mass is 10.2. The van der Waals surface area contributed by atoms with E-state index in [0.29, 0.717) is 13.1 Å². The van der Waals surface area contributed by atoms with Crippen molar-refractivity contribution in [3.63, 3.8) is 0 Å². The van der Waals surface area contributed by atoms with E-state index in [2.05, 4.69) is 31.5 Å². The van der Waals surface area contributed by atoms with Gasteiger partial charge < -0.3 is 15.7 Å². The van der Waals surface area contributed by atoms with E-state index in [1.54, 1.807) is 6.92 Å². The molecule has 1 atom stereocenters. The molecule has 1 aromatic heterocycles. The maximum atomic E-state index is 12.8. The van der Waals surface area contributed by atoms with Gasteiger partial charge in [0.1, 0.15) is 5.82 Å². The van der Waals surface area contributed by atoms with Crippen LogP contribution in [0.25, 0.3) is 0 Å². The van der Waals surface area contributed by atoms with E-state index in [-0.39, 0.29) is 16.8 Å². The normalized spacial score (nSPS) is 13.4. The zero-order valence-electron chi connectivity index (χ0n) is 10.3. The van der Waals surface area contributed by atoms with Crippen molar-refractivity contribution in [2.75, 3.05) is 25.0 Å². The van der Waals surface area contributed by atoms with Crippen molar-refractivity contribution in [1.29, 1.82) is 0 Å². The first kappa shape index (κ1) is 16.2. The van der Waals surface area contributed by atoms with Gasteiger partial charge in [-0.2, -0.15) is 13.2 Å². The Kier molecular flexibility index (Phi) is 6.02. The van der Waals surface area contributed by atoms with Crippen LogP contribution in [-0.2, 0) is 6.18 Å². The summed E-state index contributed by atoms with van der Waals surface area (Å²) >= 11 is 2.97. The van der Waals surface area contributed by atoms with E-state index in [1.807, 2.05) is 0 Å². The van der Waals surface area contributed by atoms with Crippen molar-refractivity contribution in [2.45, 2.75) is 19.2 Å². The topological polar surface area (TPSA) is 57.2 Å². The van der Waals surface area contributed by atoms with Crippen molar-refractivity contribution in [3.05, 3.63) is 22.3 Å². The fourth-order valence-corrected chi connectivity index (χ4v) is 1.71. The van der Waals surface area contributed by atoms with E-state index < -0.39 is 17.8 Å². The van der Waals surface area contributed by atoms with Gasteiger partial charge in [0.15, 0.2) is 0 Å². The number of nitrogens with one attached hydrogen (secondary N) is 2. The molecule has 19 heavy (non-hydrogen) atoms. The predicted molar refractivity (Wildman–Crippen MR) is 70.0 cm³/mol. The van der Waals surface area contributed by atoms with Gasteiger partial charge in [0.2, 0.25) is 0 Å². The number of rotatable bonds is 6. The Labute approximate surface area is 117 Å². The average molecular weight is 342 g/mol. The molecule has 0 radical (unpaired) electrons. The second kappa shape index (κ2) is 7.06. The van der Waals surface area contributed by atoms with Crippen LogP contribution in [0.3, 0.4) is 0 Å². The van der Waals surface area contributed by atoms with Gasteiger partial charge in [-0.05, 0) is 28.9 Å². The molecule has 1 rings (SSSR count). The highest BCUT2D eigenvalue weighted by Gasteiger charge is 2.34. The first-order chi connectivity index (χ1) is 8.80. The molecule has 1 unspecified atom stereocenters. The molecule has 108 valence electrons. The number of aliphatic hydroxyl groups is 1. The van der Waals surface area contributed by atoms with Gasteiger partial charge in [-0.3, -0.25) is 0 Å². The van der Waals surface area contributed by atoms with E-state index in [4.69, 9.17) is 5.11 Å². The molecule has 0 bridgehead atoms. The fourth-order valence-electron chi connectivity index (χ4n) is 1.38. The van der Waals surface area contributed by atoms with Crippen LogP contribution in [0, 0.1) is 0 Å². The Morgan fingerprint density at radius 1 is 1.42 bits per heavy atom. The molecule has 3 N–H and O–H groups in total. The van der Waals surface area contributed by atoms with Crippen LogP contribution in [0.15, 0.2) is 16.7 Å². The van der Waals surface area contributed by atoms with Crippen molar-refractivity contribution in [2.24, 2.45) is 0 Å². The number of anilines is 1. The molecular weight excluding hydrogens is 327 g/mol. The zero-order chi connectivity index (χ0) is 14.5. The third kappa shape index (κ3) is 5.75. The van der Waals surface area contributed by atoms with Gasteiger partial charge >= 0.3 is 6.18 Å². The fraction of sp³-hybridized carbons (Fsp3) is 0.545. The minimum atomic E-state index is -4.45. The van der Waals surface area contributed by atoms with Gasteiger partial charge in [0, 0.05) is 30.3 Å². The molecule has 0 aromatic carbocycles. The van der Waals surface area contributed by atoms with Gasteiger partial charge in [-0.1, -0.05) is 0 Å². The van der Waals surface area contributed by atoms with E-state index in [9.17, 15) is 13.2 Å². The first-order valence-corrected chi connectivity index (χ1v) is 6.45. The number of aliphatic hydroxyl groups excluding tert-OH is 1. The molecule has 1 heterocycles. The molecule has 0 saturated carbocycles. The molecule has 0 fully saturated rings. The molecule has 0 aliphatic carbocycles. The molecule has 0 saturated heterocycles. The largest absolute Gasteiger partial charge is 0.419 e. The van der Waals surface area contributed by atoms with Crippen molar-refractivity contribution < 1.29 is 18.3 Å². The number of hydrogen-bond acceptors (Lipinski definition) is 4. The molecule has 8 heteroatoms. The summed E-state index contributed by atoms with van der Waals surface area (Å²) in [5.74, 6) is -0.199. The summed E-state index contributed by atoms with van der Waals surface area (Å²) in [5.41, 5.74) is -0.808. The summed E-state index contributed by atoms with van der Waals surface area (Å²) in [6, 6.07) is 0.985.